The molecule has 1 saturated heterocycles. The van der Waals surface area contributed by atoms with Crippen molar-refractivity contribution in [3.8, 4) is 0 Å². The lowest BCUT2D eigenvalue weighted by molar-refractivity contribution is -0.221. The van der Waals surface area contributed by atoms with E-state index in [4.69, 9.17) is 23.1 Å². The molecule has 5 rings (SSSR count). The first-order valence-electron chi connectivity index (χ1n) is 15.2. The van der Waals surface area contributed by atoms with Crippen molar-refractivity contribution in [3.05, 3.63) is 95.7 Å². The average molecular weight is 677 g/mol. The maximum absolute atomic E-state index is 15.5. The van der Waals surface area contributed by atoms with Crippen LogP contribution in [0.4, 0.5) is 22.0 Å². The molecule has 2 heterocycles. The van der Waals surface area contributed by atoms with Crippen molar-refractivity contribution in [2.24, 2.45) is 0 Å². The van der Waals surface area contributed by atoms with E-state index in [1.807, 2.05) is 36.4 Å². The summed E-state index contributed by atoms with van der Waals surface area (Å²) in [6, 6.07) is 22.6. The number of halogens is 5. The Morgan fingerprint density at radius 2 is 1.49 bits per heavy atom. The number of benzene rings is 3. The molecule has 12 heteroatoms. The smallest absolute Gasteiger partial charge is 0.416 e. The maximum atomic E-state index is 15.5. The highest BCUT2D eigenvalue weighted by Crippen LogP contribution is 2.39. The van der Waals surface area contributed by atoms with Crippen LogP contribution in [0, 0.1) is 0 Å². The molecule has 3 aromatic carbocycles. The van der Waals surface area contributed by atoms with Gasteiger partial charge in [0.15, 0.2) is 0 Å². The van der Waals surface area contributed by atoms with E-state index in [-0.39, 0.29) is 34.8 Å². The normalized spacial score (nSPS) is 18.0. The summed E-state index contributed by atoms with van der Waals surface area (Å²) >= 11 is 0. The molecule has 47 heavy (non-hydrogen) atoms. The van der Waals surface area contributed by atoms with E-state index in [0.29, 0.717) is 0 Å². The molecule has 252 valence electrons. The summed E-state index contributed by atoms with van der Waals surface area (Å²) in [7, 11) is -1.82. The zero-order valence-corrected chi connectivity index (χ0v) is 27.5. The number of hydrogen-bond donors (Lipinski definition) is 0. The predicted molar refractivity (Wildman–Crippen MR) is 169 cm³/mol. The largest absolute Gasteiger partial charge is 0.463 e. The minimum absolute atomic E-state index is 0.0438. The lowest BCUT2D eigenvalue weighted by Gasteiger charge is -2.44. The molecule has 0 radical (unpaired) electrons. The van der Waals surface area contributed by atoms with Crippen LogP contribution in [0.1, 0.15) is 48.9 Å². The van der Waals surface area contributed by atoms with Crippen LogP contribution in [0.3, 0.4) is 0 Å². The minimum Gasteiger partial charge on any atom is -0.463 e. The second-order valence-corrected chi connectivity index (χ2v) is 16.9. The van der Waals surface area contributed by atoms with Gasteiger partial charge in [0.1, 0.15) is 17.8 Å². The molecule has 0 aliphatic carbocycles. The number of furan rings is 1. The lowest BCUT2D eigenvalue weighted by Crippen LogP contribution is -2.67. The number of alkyl halides is 5. The molecular formula is C35H37F5O6Si. The van der Waals surface area contributed by atoms with Gasteiger partial charge in [0.25, 0.3) is 14.2 Å². The van der Waals surface area contributed by atoms with Crippen molar-refractivity contribution in [1.82, 2.24) is 0 Å². The number of ether oxygens (including phenoxy) is 3. The predicted octanol–water partition coefficient (Wildman–Crippen LogP) is 7.17. The minimum atomic E-state index is -4.68. The third kappa shape index (κ3) is 7.15. The van der Waals surface area contributed by atoms with Crippen LogP contribution < -0.4 is 10.4 Å². The molecule has 0 amide bonds. The fourth-order valence-corrected chi connectivity index (χ4v) is 10.7. The van der Waals surface area contributed by atoms with Gasteiger partial charge in [-0.15, -0.1) is 0 Å². The van der Waals surface area contributed by atoms with Gasteiger partial charge in [0, 0.05) is 17.4 Å². The Bertz CT molecular complexity index is 1620. The lowest BCUT2D eigenvalue weighted by atomic mass is 9.98. The molecular weight excluding hydrogens is 639 g/mol. The van der Waals surface area contributed by atoms with Crippen LogP contribution in [0.15, 0.2) is 83.3 Å². The van der Waals surface area contributed by atoms with E-state index in [9.17, 15) is 18.0 Å². The SMILES string of the molecule is COC(=O)c1oc2ccc(C(F)(F)F)cc2c1CCC(F)(F)C1COC(CO[Si](c2ccccc2)(c2ccccc2)C(C)(C)C)CO1. The molecule has 6 nitrogen and oxygen atoms in total. The zero-order valence-electron chi connectivity index (χ0n) is 26.5. The molecule has 4 aromatic rings. The average Bonchev–Trinajstić information content (AvgIpc) is 3.42. The first-order chi connectivity index (χ1) is 22.2. The Morgan fingerprint density at radius 1 is 0.872 bits per heavy atom. The molecule has 1 aliphatic rings. The topological polar surface area (TPSA) is 67.1 Å². The number of carbonyl (C=O) groups is 1. The highest BCUT2D eigenvalue weighted by molar-refractivity contribution is 6.99. The molecule has 0 saturated carbocycles. The summed E-state index contributed by atoms with van der Waals surface area (Å²) in [6.07, 6.45) is -8.20. The van der Waals surface area contributed by atoms with Gasteiger partial charge in [-0.25, -0.2) is 13.6 Å². The summed E-state index contributed by atoms with van der Waals surface area (Å²) in [6.45, 7) is 5.95. The highest BCUT2D eigenvalue weighted by atomic mass is 28.4. The fourth-order valence-electron chi connectivity index (χ4n) is 6.15. The first-order valence-corrected chi connectivity index (χ1v) is 17.1. The van der Waals surface area contributed by atoms with Crippen molar-refractivity contribution in [1.29, 1.82) is 0 Å². The van der Waals surface area contributed by atoms with E-state index in [0.717, 1.165) is 35.7 Å². The van der Waals surface area contributed by atoms with Crippen molar-refractivity contribution in [2.45, 2.75) is 63.0 Å². The quantitative estimate of drug-likeness (QED) is 0.101. The van der Waals surface area contributed by atoms with Gasteiger partial charge in [0.2, 0.25) is 5.76 Å². The summed E-state index contributed by atoms with van der Waals surface area (Å²) in [5.41, 5.74) is -1.13. The Labute approximate surface area is 270 Å². The molecule has 0 N–H and O–H groups in total. The summed E-state index contributed by atoms with van der Waals surface area (Å²) in [4.78, 5) is 12.3. The van der Waals surface area contributed by atoms with Crippen molar-refractivity contribution >= 4 is 35.6 Å². The van der Waals surface area contributed by atoms with Gasteiger partial charge in [0.05, 0.1) is 32.5 Å². The number of carbonyl (C=O) groups excluding carboxylic acids is 1. The number of hydrogen-bond acceptors (Lipinski definition) is 6. The van der Waals surface area contributed by atoms with Crippen LogP contribution in [-0.2, 0) is 31.2 Å². The standard InChI is InChI=1S/C35H37F5O6Si/c1-33(2,3)47(25-11-7-5-8-12-25,26-13-9-6-10-14-26)45-21-24-20-44-30(22-43-24)34(36,37)18-17-27-28-19-23(35(38,39)40)15-16-29(28)46-31(27)32(41)42-4/h5-16,19,24,30H,17-18,20-22H2,1-4H3. The highest BCUT2D eigenvalue weighted by Gasteiger charge is 2.51. The van der Waals surface area contributed by atoms with Crippen LogP contribution >= 0.6 is 0 Å². The van der Waals surface area contributed by atoms with E-state index >= 15 is 8.78 Å². The van der Waals surface area contributed by atoms with E-state index < -0.39 is 69.4 Å². The second-order valence-electron chi connectivity index (χ2n) is 12.6. The van der Waals surface area contributed by atoms with Gasteiger partial charge >= 0.3 is 12.1 Å². The van der Waals surface area contributed by atoms with Gasteiger partial charge in [-0.05, 0) is 40.0 Å². The van der Waals surface area contributed by atoms with Crippen LogP contribution in [-0.4, -0.2) is 59.3 Å². The second kappa shape index (κ2) is 13.5. The summed E-state index contributed by atoms with van der Waals surface area (Å²) < 4.78 is 99.7. The van der Waals surface area contributed by atoms with Crippen molar-refractivity contribution < 1.29 is 49.8 Å². The maximum Gasteiger partial charge on any atom is 0.416 e. The monoisotopic (exact) mass is 676 g/mol. The fraction of sp³-hybridized carbons (Fsp3) is 0.400. The Kier molecular flexibility index (Phi) is 9.98. The number of esters is 1. The number of methoxy groups -OCH3 is 1. The summed E-state index contributed by atoms with van der Waals surface area (Å²) in [5, 5.41) is 1.76. The number of rotatable bonds is 10. The molecule has 1 aromatic heterocycles. The third-order valence-corrected chi connectivity index (χ3v) is 13.5. The Balaban J connectivity index is 1.29. The molecule has 0 bridgehead atoms. The first kappa shape index (κ1) is 34.7. The van der Waals surface area contributed by atoms with E-state index in [1.165, 1.54) is 0 Å². The Morgan fingerprint density at radius 3 is 2.00 bits per heavy atom. The van der Waals surface area contributed by atoms with Gasteiger partial charge in [-0.3, -0.25) is 0 Å². The molecule has 1 aliphatic heterocycles. The number of aryl methyl sites for hydroxylation is 1. The third-order valence-electron chi connectivity index (χ3n) is 8.54. The van der Waals surface area contributed by atoms with Crippen molar-refractivity contribution in [2.75, 3.05) is 26.9 Å². The molecule has 0 spiro atoms. The van der Waals surface area contributed by atoms with Crippen molar-refractivity contribution in [3.63, 3.8) is 0 Å². The zero-order chi connectivity index (χ0) is 34.0. The van der Waals surface area contributed by atoms with E-state index in [2.05, 4.69) is 45.0 Å². The summed E-state index contributed by atoms with van der Waals surface area (Å²) in [5.74, 6) is -4.84. The van der Waals surface area contributed by atoms with Crippen LogP contribution in [0.25, 0.3) is 11.0 Å². The number of fused-ring (bicyclic) bond motifs is 1. The van der Waals surface area contributed by atoms with Crippen LogP contribution in [0.2, 0.25) is 5.04 Å². The van der Waals surface area contributed by atoms with Gasteiger partial charge in [-0.2, -0.15) is 13.2 Å². The van der Waals surface area contributed by atoms with Crippen LogP contribution in [0.5, 0.6) is 0 Å². The Hall–Kier alpha value is -3.58. The van der Waals surface area contributed by atoms with E-state index in [1.54, 1.807) is 0 Å². The van der Waals surface area contributed by atoms with Gasteiger partial charge < -0.3 is 23.1 Å². The van der Waals surface area contributed by atoms with Gasteiger partial charge in [-0.1, -0.05) is 81.4 Å². The molecule has 2 atom stereocenters. The molecule has 1 fully saturated rings. The molecule has 2 unspecified atom stereocenters.